The highest BCUT2D eigenvalue weighted by Gasteiger charge is 2.29. The van der Waals surface area contributed by atoms with Crippen LogP contribution in [0, 0.1) is 5.92 Å². The maximum absolute atomic E-state index is 12.3. The van der Waals surface area contributed by atoms with Crippen LogP contribution in [0.4, 0.5) is 0 Å². The fraction of sp³-hybridized carbons (Fsp3) is 0.368. The summed E-state index contributed by atoms with van der Waals surface area (Å²) in [6.45, 7) is 1.32. The minimum Gasteiger partial charge on any atom is -0.461 e. The van der Waals surface area contributed by atoms with Gasteiger partial charge in [0.1, 0.15) is 0 Å². The van der Waals surface area contributed by atoms with E-state index in [1.54, 1.807) is 11.0 Å². The fourth-order valence-corrected chi connectivity index (χ4v) is 3.16. The second kappa shape index (κ2) is 7.27. The summed E-state index contributed by atoms with van der Waals surface area (Å²) in [4.78, 5) is 26.1. The molecule has 0 spiro atoms. The van der Waals surface area contributed by atoms with Crippen molar-refractivity contribution in [2.75, 3.05) is 13.1 Å². The first-order valence-electron chi connectivity index (χ1n) is 8.15. The van der Waals surface area contributed by atoms with Gasteiger partial charge in [0.05, 0.1) is 6.26 Å². The van der Waals surface area contributed by atoms with Gasteiger partial charge in [0.25, 0.3) is 11.7 Å². The fourth-order valence-electron chi connectivity index (χ4n) is 3.16. The lowest BCUT2D eigenvalue weighted by atomic mass is 9.91. The van der Waals surface area contributed by atoms with Crippen LogP contribution in [0.1, 0.15) is 35.4 Å². The number of aryl methyl sites for hydroxylation is 1. The quantitative estimate of drug-likeness (QED) is 0.628. The number of benzene rings is 1. The lowest BCUT2D eigenvalue weighted by Gasteiger charge is -2.32. The van der Waals surface area contributed by atoms with Crippen molar-refractivity contribution >= 4 is 11.7 Å². The summed E-state index contributed by atoms with van der Waals surface area (Å²) in [5.74, 6) is -0.401. The van der Waals surface area contributed by atoms with Crippen LogP contribution in [0.2, 0.25) is 0 Å². The zero-order valence-corrected chi connectivity index (χ0v) is 13.1. The molecule has 1 saturated heterocycles. The van der Waals surface area contributed by atoms with E-state index in [9.17, 15) is 9.59 Å². The van der Waals surface area contributed by atoms with E-state index in [2.05, 4.69) is 12.1 Å². The van der Waals surface area contributed by atoms with Crippen molar-refractivity contribution in [3.05, 3.63) is 60.1 Å². The number of rotatable bonds is 5. The number of hydrogen-bond acceptors (Lipinski definition) is 3. The molecule has 23 heavy (non-hydrogen) atoms. The van der Waals surface area contributed by atoms with Gasteiger partial charge in [0.15, 0.2) is 5.76 Å². The van der Waals surface area contributed by atoms with E-state index in [0.717, 1.165) is 25.7 Å². The van der Waals surface area contributed by atoms with Gasteiger partial charge < -0.3 is 9.32 Å². The van der Waals surface area contributed by atoms with Crippen LogP contribution in [-0.4, -0.2) is 29.7 Å². The standard InChI is InChI=1S/C19H21NO3/c21-18(17-9-5-13-23-17)19(22)20-12-4-8-16(14-20)11-10-15-6-2-1-3-7-15/h1-3,5-7,9,13,16H,4,8,10-12,14H2. The van der Waals surface area contributed by atoms with Crippen molar-refractivity contribution in [3.63, 3.8) is 0 Å². The number of likely N-dealkylation sites (tertiary alicyclic amines) is 1. The predicted molar refractivity (Wildman–Crippen MR) is 87.1 cm³/mol. The SMILES string of the molecule is O=C(C(=O)N1CCCC(CCc2ccccc2)C1)c1ccco1. The molecule has 2 aromatic rings. The van der Waals surface area contributed by atoms with Crippen LogP contribution in [0.5, 0.6) is 0 Å². The Bertz CT molecular complexity index is 649. The topological polar surface area (TPSA) is 50.5 Å². The Kier molecular flexibility index (Phi) is 4.91. The Labute approximate surface area is 136 Å². The van der Waals surface area contributed by atoms with Crippen LogP contribution >= 0.6 is 0 Å². The van der Waals surface area contributed by atoms with Crippen molar-refractivity contribution in [3.8, 4) is 0 Å². The molecule has 1 fully saturated rings. The summed E-state index contributed by atoms with van der Waals surface area (Å²) < 4.78 is 5.04. The first-order valence-corrected chi connectivity index (χ1v) is 8.15. The summed E-state index contributed by atoms with van der Waals surface area (Å²) in [5.41, 5.74) is 1.32. The summed E-state index contributed by atoms with van der Waals surface area (Å²) in [5, 5.41) is 0. The maximum atomic E-state index is 12.3. The average molecular weight is 311 g/mol. The number of Topliss-reactive ketones (excluding diaryl/α,β-unsaturated/α-hetero) is 1. The molecule has 1 aliphatic heterocycles. The van der Waals surface area contributed by atoms with Gasteiger partial charge in [-0.2, -0.15) is 0 Å². The highest BCUT2D eigenvalue weighted by Crippen LogP contribution is 2.22. The molecule has 0 aliphatic carbocycles. The van der Waals surface area contributed by atoms with Gasteiger partial charge in [-0.1, -0.05) is 30.3 Å². The van der Waals surface area contributed by atoms with E-state index < -0.39 is 11.7 Å². The molecular weight excluding hydrogens is 290 g/mol. The van der Waals surface area contributed by atoms with Crippen LogP contribution in [0.25, 0.3) is 0 Å². The molecule has 2 heterocycles. The van der Waals surface area contributed by atoms with Crippen molar-refractivity contribution in [1.82, 2.24) is 4.90 Å². The number of nitrogens with zero attached hydrogens (tertiary/aromatic N) is 1. The maximum Gasteiger partial charge on any atom is 0.298 e. The van der Waals surface area contributed by atoms with Gasteiger partial charge in [-0.25, -0.2) is 0 Å². The number of piperidine rings is 1. The summed E-state index contributed by atoms with van der Waals surface area (Å²) in [6, 6.07) is 13.5. The minimum absolute atomic E-state index is 0.126. The van der Waals surface area contributed by atoms with E-state index in [1.807, 2.05) is 18.2 Å². The molecule has 0 radical (unpaired) electrons. The van der Waals surface area contributed by atoms with Gasteiger partial charge in [-0.3, -0.25) is 9.59 Å². The molecule has 1 amide bonds. The molecule has 0 N–H and O–H groups in total. The molecule has 1 unspecified atom stereocenters. The molecule has 0 bridgehead atoms. The largest absolute Gasteiger partial charge is 0.461 e. The van der Waals surface area contributed by atoms with Crippen LogP contribution in [-0.2, 0) is 11.2 Å². The van der Waals surface area contributed by atoms with Crippen LogP contribution < -0.4 is 0 Å². The molecule has 120 valence electrons. The Morgan fingerprint density at radius 2 is 1.96 bits per heavy atom. The zero-order valence-electron chi connectivity index (χ0n) is 13.1. The van der Waals surface area contributed by atoms with Gasteiger partial charge in [0, 0.05) is 13.1 Å². The Balaban J connectivity index is 1.55. The normalized spacial score (nSPS) is 17.9. The van der Waals surface area contributed by atoms with Crippen molar-refractivity contribution < 1.29 is 14.0 Å². The van der Waals surface area contributed by atoms with Crippen LogP contribution in [0.15, 0.2) is 53.1 Å². The lowest BCUT2D eigenvalue weighted by Crippen LogP contribution is -2.43. The molecule has 0 saturated carbocycles. The highest BCUT2D eigenvalue weighted by atomic mass is 16.3. The third kappa shape index (κ3) is 3.89. The van der Waals surface area contributed by atoms with Crippen molar-refractivity contribution in [2.45, 2.75) is 25.7 Å². The van der Waals surface area contributed by atoms with E-state index >= 15 is 0 Å². The average Bonchev–Trinajstić information content (AvgIpc) is 3.14. The second-order valence-corrected chi connectivity index (χ2v) is 6.09. The monoisotopic (exact) mass is 311 g/mol. The zero-order chi connectivity index (χ0) is 16.1. The summed E-state index contributed by atoms with van der Waals surface area (Å²) in [6.07, 6.45) is 5.55. The number of carbonyl (C=O) groups excluding carboxylic acids is 2. The third-order valence-electron chi connectivity index (χ3n) is 4.43. The molecule has 4 heteroatoms. The van der Waals surface area contributed by atoms with Crippen LogP contribution in [0.3, 0.4) is 0 Å². The first-order chi connectivity index (χ1) is 11.2. The number of hydrogen-bond donors (Lipinski definition) is 0. The number of furan rings is 1. The molecule has 1 aliphatic rings. The van der Waals surface area contributed by atoms with Crippen molar-refractivity contribution in [1.29, 1.82) is 0 Å². The molecule has 1 aromatic heterocycles. The van der Waals surface area contributed by atoms with Crippen molar-refractivity contribution in [2.24, 2.45) is 5.92 Å². The Hall–Kier alpha value is -2.36. The first kappa shape index (κ1) is 15.5. The highest BCUT2D eigenvalue weighted by molar-refractivity contribution is 6.41. The molecular formula is C19H21NO3. The predicted octanol–water partition coefficient (Wildman–Crippen LogP) is 3.33. The van der Waals surface area contributed by atoms with Gasteiger partial charge in [-0.15, -0.1) is 0 Å². The number of carbonyl (C=O) groups is 2. The van der Waals surface area contributed by atoms with E-state index in [4.69, 9.17) is 4.42 Å². The third-order valence-corrected chi connectivity index (χ3v) is 4.43. The van der Waals surface area contributed by atoms with E-state index in [1.165, 1.54) is 17.9 Å². The Morgan fingerprint density at radius 1 is 1.13 bits per heavy atom. The number of amides is 1. The molecule has 4 nitrogen and oxygen atoms in total. The molecule has 3 rings (SSSR count). The summed E-state index contributed by atoms with van der Waals surface area (Å²) >= 11 is 0. The smallest absolute Gasteiger partial charge is 0.298 e. The summed E-state index contributed by atoms with van der Waals surface area (Å²) in [7, 11) is 0. The van der Waals surface area contributed by atoms with E-state index in [0.29, 0.717) is 19.0 Å². The van der Waals surface area contributed by atoms with E-state index in [-0.39, 0.29) is 5.76 Å². The number of ketones is 1. The van der Waals surface area contributed by atoms with Gasteiger partial charge in [-0.05, 0) is 49.3 Å². The second-order valence-electron chi connectivity index (χ2n) is 6.09. The molecule has 1 atom stereocenters. The van der Waals surface area contributed by atoms with Gasteiger partial charge >= 0.3 is 0 Å². The molecule has 1 aromatic carbocycles. The minimum atomic E-state index is -0.543. The lowest BCUT2D eigenvalue weighted by molar-refractivity contribution is -0.128. The van der Waals surface area contributed by atoms with Gasteiger partial charge in [0.2, 0.25) is 0 Å². The Morgan fingerprint density at radius 3 is 2.70 bits per heavy atom.